The summed E-state index contributed by atoms with van der Waals surface area (Å²) in [7, 11) is 1.77. The van der Waals surface area contributed by atoms with Crippen molar-refractivity contribution in [3.05, 3.63) is 29.6 Å². The number of aryl methyl sites for hydroxylation is 1. The molecule has 4 nitrogen and oxygen atoms in total. The summed E-state index contributed by atoms with van der Waals surface area (Å²) in [6.45, 7) is 2.27. The van der Waals surface area contributed by atoms with Crippen LogP contribution in [0.4, 0.5) is 4.39 Å². The SMILES string of the molecule is CNC1(C(N)=O)CCCC1CCOc1cc(C)ccc1F. The third-order valence-electron chi connectivity index (χ3n) is 4.52. The molecule has 1 aliphatic rings. The monoisotopic (exact) mass is 294 g/mol. The number of nitrogens with two attached hydrogens (primary N) is 1. The first kappa shape index (κ1) is 15.8. The van der Waals surface area contributed by atoms with Crippen molar-refractivity contribution < 1.29 is 13.9 Å². The molecule has 1 aromatic rings. The van der Waals surface area contributed by atoms with Crippen LogP contribution in [0, 0.1) is 18.7 Å². The third kappa shape index (κ3) is 3.18. The van der Waals surface area contributed by atoms with E-state index >= 15 is 0 Å². The number of carbonyl (C=O) groups is 1. The van der Waals surface area contributed by atoms with E-state index in [0.29, 0.717) is 13.0 Å². The predicted octanol–water partition coefficient (Wildman–Crippen LogP) is 2.15. The molecular weight excluding hydrogens is 271 g/mol. The van der Waals surface area contributed by atoms with Gasteiger partial charge in [0.25, 0.3) is 0 Å². The highest BCUT2D eigenvalue weighted by molar-refractivity contribution is 5.85. The fourth-order valence-corrected chi connectivity index (χ4v) is 3.28. The van der Waals surface area contributed by atoms with Crippen LogP contribution in [0.1, 0.15) is 31.2 Å². The Morgan fingerprint density at radius 2 is 2.33 bits per heavy atom. The van der Waals surface area contributed by atoms with Gasteiger partial charge in [0.1, 0.15) is 5.54 Å². The maximum absolute atomic E-state index is 13.6. The highest BCUT2D eigenvalue weighted by atomic mass is 19.1. The first-order valence-corrected chi connectivity index (χ1v) is 7.37. The van der Waals surface area contributed by atoms with E-state index in [2.05, 4.69) is 5.32 Å². The second-order valence-corrected chi connectivity index (χ2v) is 5.75. The van der Waals surface area contributed by atoms with Crippen LogP contribution in [0.15, 0.2) is 18.2 Å². The largest absolute Gasteiger partial charge is 0.490 e. The molecule has 0 bridgehead atoms. The van der Waals surface area contributed by atoms with Crippen molar-refractivity contribution >= 4 is 5.91 Å². The topological polar surface area (TPSA) is 64.3 Å². The number of hydrogen-bond donors (Lipinski definition) is 2. The number of benzene rings is 1. The summed E-state index contributed by atoms with van der Waals surface area (Å²) in [4.78, 5) is 11.8. The first-order valence-electron chi connectivity index (χ1n) is 7.37. The van der Waals surface area contributed by atoms with Gasteiger partial charge in [-0.25, -0.2) is 4.39 Å². The van der Waals surface area contributed by atoms with Gasteiger partial charge in [0, 0.05) is 0 Å². The second kappa shape index (κ2) is 6.43. The van der Waals surface area contributed by atoms with Gasteiger partial charge >= 0.3 is 0 Å². The number of likely N-dealkylation sites (N-methyl/N-ethyl adjacent to an activating group) is 1. The van der Waals surface area contributed by atoms with E-state index < -0.39 is 5.54 Å². The Kier molecular flexibility index (Phi) is 4.83. The van der Waals surface area contributed by atoms with Crippen LogP contribution in [-0.2, 0) is 4.79 Å². The molecule has 1 saturated carbocycles. The molecule has 0 aliphatic heterocycles. The number of primary amides is 1. The number of nitrogens with one attached hydrogen (secondary N) is 1. The van der Waals surface area contributed by atoms with Crippen LogP contribution < -0.4 is 15.8 Å². The van der Waals surface area contributed by atoms with Gasteiger partial charge in [-0.1, -0.05) is 12.5 Å². The van der Waals surface area contributed by atoms with Gasteiger partial charge in [0.15, 0.2) is 11.6 Å². The van der Waals surface area contributed by atoms with Crippen molar-refractivity contribution in [2.24, 2.45) is 11.7 Å². The third-order valence-corrected chi connectivity index (χ3v) is 4.52. The molecule has 1 aliphatic carbocycles. The lowest BCUT2D eigenvalue weighted by atomic mass is 9.84. The molecule has 116 valence electrons. The van der Waals surface area contributed by atoms with Crippen LogP contribution >= 0.6 is 0 Å². The van der Waals surface area contributed by atoms with Crippen LogP contribution in [0.5, 0.6) is 5.75 Å². The molecular formula is C16H23FN2O2. The summed E-state index contributed by atoms with van der Waals surface area (Å²) in [5, 5.41) is 3.09. The van der Waals surface area contributed by atoms with Gasteiger partial charge in [-0.15, -0.1) is 0 Å². The lowest BCUT2D eigenvalue weighted by Crippen LogP contribution is -2.56. The summed E-state index contributed by atoms with van der Waals surface area (Å²) in [6.07, 6.45) is 3.33. The normalized spacial score (nSPS) is 25.0. The lowest BCUT2D eigenvalue weighted by Gasteiger charge is -2.32. The van der Waals surface area contributed by atoms with Gasteiger partial charge in [0.2, 0.25) is 5.91 Å². The van der Waals surface area contributed by atoms with Crippen LogP contribution in [-0.4, -0.2) is 25.1 Å². The van der Waals surface area contributed by atoms with Gasteiger partial charge in [-0.3, -0.25) is 4.79 Å². The van der Waals surface area contributed by atoms with Crippen molar-refractivity contribution in [3.63, 3.8) is 0 Å². The standard InChI is InChI=1S/C16H23FN2O2/c1-11-5-6-13(17)14(10-11)21-9-7-12-4-3-8-16(12,19-2)15(18)20/h5-6,10,12,19H,3-4,7-9H2,1-2H3,(H2,18,20). The van der Waals surface area contributed by atoms with Crippen molar-refractivity contribution in [2.75, 3.05) is 13.7 Å². The van der Waals surface area contributed by atoms with Crippen molar-refractivity contribution in [3.8, 4) is 5.75 Å². The molecule has 1 fully saturated rings. The minimum Gasteiger partial charge on any atom is -0.490 e. The summed E-state index contributed by atoms with van der Waals surface area (Å²) < 4.78 is 19.1. The van der Waals surface area contributed by atoms with E-state index in [0.717, 1.165) is 24.8 Å². The maximum atomic E-state index is 13.6. The average molecular weight is 294 g/mol. The summed E-state index contributed by atoms with van der Waals surface area (Å²) in [6, 6.07) is 4.79. The Balaban J connectivity index is 1.96. The van der Waals surface area contributed by atoms with Crippen LogP contribution in [0.2, 0.25) is 0 Å². The highest BCUT2D eigenvalue weighted by Crippen LogP contribution is 2.37. The number of carbonyl (C=O) groups excluding carboxylic acids is 1. The summed E-state index contributed by atoms with van der Waals surface area (Å²) >= 11 is 0. The summed E-state index contributed by atoms with van der Waals surface area (Å²) in [5.41, 5.74) is 5.87. The Bertz CT molecular complexity index is 521. The van der Waals surface area contributed by atoms with Crippen LogP contribution in [0.3, 0.4) is 0 Å². The van der Waals surface area contributed by atoms with E-state index in [4.69, 9.17) is 10.5 Å². The molecule has 2 unspecified atom stereocenters. The fraction of sp³-hybridized carbons (Fsp3) is 0.562. The van der Waals surface area contributed by atoms with Crippen molar-refractivity contribution in [2.45, 2.75) is 38.1 Å². The maximum Gasteiger partial charge on any atom is 0.238 e. The average Bonchev–Trinajstić information content (AvgIpc) is 2.87. The van der Waals surface area contributed by atoms with E-state index in [1.807, 2.05) is 6.92 Å². The molecule has 0 radical (unpaired) electrons. The quantitative estimate of drug-likeness (QED) is 0.845. The van der Waals surface area contributed by atoms with Gasteiger partial charge in [0.05, 0.1) is 6.61 Å². The molecule has 1 amide bonds. The molecule has 0 aromatic heterocycles. The number of hydrogen-bond acceptors (Lipinski definition) is 3. The molecule has 3 N–H and O–H groups in total. The first-order chi connectivity index (χ1) is 9.99. The molecule has 21 heavy (non-hydrogen) atoms. The van der Waals surface area contributed by atoms with Gasteiger partial charge < -0.3 is 15.8 Å². The zero-order valence-corrected chi connectivity index (χ0v) is 12.6. The zero-order valence-electron chi connectivity index (χ0n) is 12.6. The molecule has 2 atom stereocenters. The van der Waals surface area contributed by atoms with E-state index in [1.54, 1.807) is 19.2 Å². The Morgan fingerprint density at radius 1 is 1.57 bits per heavy atom. The lowest BCUT2D eigenvalue weighted by molar-refractivity contribution is -0.125. The van der Waals surface area contributed by atoms with Crippen molar-refractivity contribution in [1.82, 2.24) is 5.32 Å². The number of halogens is 1. The van der Waals surface area contributed by atoms with Crippen molar-refractivity contribution in [1.29, 1.82) is 0 Å². The molecule has 0 spiro atoms. The number of ether oxygens (including phenoxy) is 1. The van der Waals surface area contributed by atoms with E-state index in [1.165, 1.54) is 6.07 Å². The zero-order chi connectivity index (χ0) is 15.5. The Morgan fingerprint density at radius 3 is 3.00 bits per heavy atom. The molecule has 1 aromatic carbocycles. The van der Waals surface area contributed by atoms with E-state index in [9.17, 15) is 9.18 Å². The number of amides is 1. The predicted molar refractivity (Wildman–Crippen MR) is 79.6 cm³/mol. The molecule has 0 heterocycles. The Labute approximate surface area is 124 Å². The minimum absolute atomic E-state index is 0.132. The highest BCUT2D eigenvalue weighted by Gasteiger charge is 2.46. The molecule has 2 rings (SSSR count). The smallest absolute Gasteiger partial charge is 0.238 e. The van der Waals surface area contributed by atoms with Gasteiger partial charge in [-0.2, -0.15) is 0 Å². The summed E-state index contributed by atoms with van der Waals surface area (Å²) in [5.74, 6) is -0.272. The fourth-order valence-electron chi connectivity index (χ4n) is 3.28. The van der Waals surface area contributed by atoms with Gasteiger partial charge in [-0.05, 0) is 56.8 Å². The van der Waals surface area contributed by atoms with Crippen LogP contribution in [0.25, 0.3) is 0 Å². The second-order valence-electron chi connectivity index (χ2n) is 5.75. The molecule has 0 saturated heterocycles. The Hall–Kier alpha value is -1.62. The molecule has 5 heteroatoms. The minimum atomic E-state index is -0.644. The number of rotatable bonds is 6. The van der Waals surface area contributed by atoms with E-state index in [-0.39, 0.29) is 23.4 Å².